The van der Waals surface area contributed by atoms with Crippen LogP contribution in [0.3, 0.4) is 0 Å². The number of nitrogens with one attached hydrogen (secondary N) is 1. The van der Waals surface area contributed by atoms with E-state index in [1.54, 1.807) is 12.3 Å². The number of rotatable bonds is 1. The molecule has 0 spiro atoms. The molecule has 0 atom stereocenters. The van der Waals surface area contributed by atoms with Crippen LogP contribution in [0.2, 0.25) is 0 Å². The quantitative estimate of drug-likeness (QED) is 0.657. The number of benzene rings is 1. The summed E-state index contributed by atoms with van der Waals surface area (Å²) in [5.74, 6) is 0. The third-order valence-corrected chi connectivity index (χ3v) is 2.64. The van der Waals surface area contributed by atoms with Crippen molar-refractivity contribution in [2.45, 2.75) is 0 Å². The van der Waals surface area contributed by atoms with Crippen LogP contribution in [0.5, 0.6) is 0 Å². The summed E-state index contributed by atoms with van der Waals surface area (Å²) in [4.78, 5) is 13.9. The van der Waals surface area contributed by atoms with Gasteiger partial charge in [0, 0.05) is 18.5 Å². The van der Waals surface area contributed by atoms with E-state index in [9.17, 15) is 4.79 Å². The maximum atomic E-state index is 11.3. The third kappa shape index (κ3) is 1.34. The number of para-hydroxylation sites is 1. The summed E-state index contributed by atoms with van der Waals surface area (Å²) >= 11 is 0. The van der Waals surface area contributed by atoms with E-state index in [1.165, 1.54) is 5.39 Å². The van der Waals surface area contributed by atoms with Crippen molar-refractivity contribution in [1.82, 2.24) is 9.55 Å². The van der Waals surface area contributed by atoms with E-state index in [4.69, 9.17) is 0 Å². The molecule has 0 aliphatic carbocycles. The zero-order valence-corrected chi connectivity index (χ0v) is 8.55. The molecule has 0 aliphatic rings. The number of H-pyrrole nitrogens is 1. The topological polar surface area (TPSA) is 37.8 Å². The Bertz CT molecular complexity index is 694. The fourth-order valence-corrected chi connectivity index (χ4v) is 1.89. The number of hydrogen-bond donors (Lipinski definition) is 1. The van der Waals surface area contributed by atoms with Gasteiger partial charge in [-0.2, -0.15) is 0 Å². The Morgan fingerprint density at radius 3 is 2.81 bits per heavy atom. The third-order valence-electron chi connectivity index (χ3n) is 2.64. The molecule has 0 bridgehead atoms. The molecule has 0 amide bonds. The Morgan fingerprint density at radius 2 is 1.94 bits per heavy atom. The minimum atomic E-state index is -0.0877. The Morgan fingerprint density at radius 1 is 1.06 bits per heavy atom. The summed E-state index contributed by atoms with van der Waals surface area (Å²) in [6.45, 7) is 0. The van der Waals surface area contributed by atoms with E-state index in [0.717, 1.165) is 11.2 Å². The molecule has 0 radical (unpaired) electrons. The molecular formula is C13H10N2O. The van der Waals surface area contributed by atoms with Crippen molar-refractivity contribution in [3.8, 4) is 5.69 Å². The van der Waals surface area contributed by atoms with Crippen LogP contribution in [0.4, 0.5) is 0 Å². The van der Waals surface area contributed by atoms with Gasteiger partial charge in [0.15, 0.2) is 0 Å². The molecular weight excluding hydrogens is 200 g/mol. The average molecular weight is 210 g/mol. The Labute approximate surface area is 92.0 Å². The fourth-order valence-electron chi connectivity index (χ4n) is 1.89. The lowest BCUT2D eigenvalue weighted by Gasteiger charge is -2.03. The lowest BCUT2D eigenvalue weighted by atomic mass is 10.2. The zero-order valence-electron chi connectivity index (χ0n) is 8.55. The number of aromatic nitrogens is 2. The van der Waals surface area contributed by atoms with Crippen LogP contribution in [0, 0.1) is 0 Å². The van der Waals surface area contributed by atoms with Gasteiger partial charge in [0.05, 0.1) is 11.2 Å². The maximum Gasteiger partial charge on any atom is 0.250 e. The molecule has 78 valence electrons. The minimum Gasteiger partial charge on any atom is -0.329 e. The van der Waals surface area contributed by atoms with Gasteiger partial charge in [-0.25, -0.2) is 0 Å². The minimum absolute atomic E-state index is 0.0877. The second-order valence-corrected chi connectivity index (χ2v) is 3.66. The van der Waals surface area contributed by atoms with Crippen LogP contribution >= 0.6 is 0 Å². The normalized spacial score (nSPS) is 10.8. The van der Waals surface area contributed by atoms with E-state index < -0.39 is 0 Å². The summed E-state index contributed by atoms with van der Waals surface area (Å²) in [6.07, 6.45) is 3.63. The van der Waals surface area contributed by atoms with Crippen LogP contribution in [0.25, 0.3) is 16.6 Å². The Kier molecular flexibility index (Phi) is 1.90. The van der Waals surface area contributed by atoms with Gasteiger partial charge >= 0.3 is 0 Å². The van der Waals surface area contributed by atoms with Crippen molar-refractivity contribution in [1.29, 1.82) is 0 Å². The van der Waals surface area contributed by atoms with Crippen molar-refractivity contribution < 1.29 is 0 Å². The van der Waals surface area contributed by atoms with Gasteiger partial charge in [-0.05, 0) is 23.6 Å². The van der Waals surface area contributed by atoms with Gasteiger partial charge in [0.2, 0.25) is 5.56 Å². The first-order valence-electron chi connectivity index (χ1n) is 5.10. The molecule has 0 saturated heterocycles. The van der Waals surface area contributed by atoms with E-state index >= 15 is 0 Å². The average Bonchev–Trinajstić information content (AvgIpc) is 2.72. The standard InChI is InChI=1S/C13H10N2O/c16-13-9-11(5-7-14-13)15-8-6-10-3-1-2-4-12(10)15/h1-9H,(H,14,16). The first-order chi connectivity index (χ1) is 7.84. The lowest BCUT2D eigenvalue weighted by molar-refractivity contribution is 1.09. The highest BCUT2D eigenvalue weighted by Gasteiger charge is 2.01. The SMILES string of the molecule is O=c1cc(-n2ccc3ccccc32)cc[nH]1. The molecule has 3 nitrogen and oxygen atoms in total. The largest absolute Gasteiger partial charge is 0.329 e. The zero-order chi connectivity index (χ0) is 11.0. The van der Waals surface area contributed by atoms with Crippen LogP contribution < -0.4 is 5.56 Å². The molecule has 1 N–H and O–H groups in total. The Hall–Kier alpha value is -2.29. The molecule has 3 aromatic rings. The second-order valence-electron chi connectivity index (χ2n) is 3.66. The van der Waals surface area contributed by atoms with Crippen LogP contribution in [-0.4, -0.2) is 9.55 Å². The van der Waals surface area contributed by atoms with E-state index in [0.29, 0.717) is 0 Å². The first-order valence-corrected chi connectivity index (χ1v) is 5.10. The van der Waals surface area contributed by atoms with Gasteiger partial charge in [-0.15, -0.1) is 0 Å². The molecule has 0 unspecified atom stereocenters. The number of hydrogen-bond acceptors (Lipinski definition) is 1. The molecule has 3 rings (SSSR count). The van der Waals surface area contributed by atoms with Gasteiger partial charge in [-0.1, -0.05) is 18.2 Å². The van der Waals surface area contributed by atoms with Crippen molar-refractivity contribution in [2.75, 3.05) is 0 Å². The maximum absolute atomic E-state index is 11.3. The predicted molar refractivity (Wildman–Crippen MR) is 63.9 cm³/mol. The predicted octanol–water partition coefficient (Wildman–Crippen LogP) is 2.32. The summed E-state index contributed by atoms with van der Waals surface area (Å²) < 4.78 is 2.00. The smallest absolute Gasteiger partial charge is 0.250 e. The van der Waals surface area contributed by atoms with Crippen LogP contribution in [-0.2, 0) is 0 Å². The molecule has 3 heteroatoms. The fraction of sp³-hybridized carbons (Fsp3) is 0. The van der Waals surface area contributed by atoms with E-state index in [2.05, 4.69) is 11.1 Å². The molecule has 1 aromatic carbocycles. The number of pyridine rings is 1. The van der Waals surface area contributed by atoms with Crippen molar-refractivity contribution in [3.05, 3.63) is 65.2 Å². The molecule has 2 heterocycles. The van der Waals surface area contributed by atoms with Crippen LogP contribution in [0.1, 0.15) is 0 Å². The summed E-state index contributed by atoms with van der Waals surface area (Å²) in [7, 11) is 0. The molecule has 0 aliphatic heterocycles. The first kappa shape index (κ1) is 8.97. The van der Waals surface area contributed by atoms with E-state index in [1.807, 2.05) is 41.1 Å². The molecule has 0 fully saturated rings. The highest BCUT2D eigenvalue weighted by Crippen LogP contribution is 2.18. The summed E-state index contributed by atoms with van der Waals surface area (Å²) in [5, 5.41) is 1.17. The summed E-state index contributed by atoms with van der Waals surface area (Å²) in [5.41, 5.74) is 1.90. The van der Waals surface area contributed by atoms with E-state index in [-0.39, 0.29) is 5.56 Å². The monoisotopic (exact) mass is 210 g/mol. The van der Waals surface area contributed by atoms with Gasteiger partial charge in [0.1, 0.15) is 0 Å². The second kappa shape index (κ2) is 3.38. The summed E-state index contributed by atoms with van der Waals surface area (Å²) in [6, 6.07) is 13.6. The van der Waals surface area contributed by atoms with Crippen molar-refractivity contribution >= 4 is 10.9 Å². The number of fused-ring (bicyclic) bond motifs is 1. The Balaban J connectivity index is 2.30. The van der Waals surface area contributed by atoms with Gasteiger partial charge < -0.3 is 9.55 Å². The highest BCUT2D eigenvalue weighted by atomic mass is 16.1. The highest BCUT2D eigenvalue weighted by molar-refractivity contribution is 5.81. The van der Waals surface area contributed by atoms with Gasteiger partial charge in [-0.3, -0.25) is 4.79 Å². The van der Waals surface area contributed by atoms with Crippen molar-refractivity contribution in [2.24, 2.45) is 0 Å². The van der Waals surface area contributed by atoms with Crippen LogP contribution in [0.15, 0.2) is 59.7 Å². The number of aromatic amines is 1. The number of nitrogens with zero attached hydrogens (tertiary/aromatic N) is 1. The van der Waals surface area contributed by atoms with Gasteiger partial charge in [0.25, 0.3) is 0 Å². The lowest BCUT2D eigenvalue weighted by Crippen LogP contribution is -2.05. The molecule has 16 heavy (non-hydrogen) atoms. The molecule has 0 saturated carbocycles. The van der Waals surface area contributed by atoms with Crippen molar-refractivity contribution in [3.63, 3.8) is 0 Å². The molecule has 2 aromatic heterocycles.